The molecule has 0 saturated carbocycles. The molecule has 1 atom stereocenters. The van der Waals surface area contributed by atoms with Crippen LogP contribution in [-0.4, -0.2) is 62.6 Å². The molecule has 0 aliphatic carbocycles. The molecule has 0 bridgehead atoms. The van der Waals surface area contributed by atoms with Gasteiger partial charge in [0.15, 0.2) is 12.6 Å². The van der Waals surface area contributed by atoms with Gasteiger partial charge in [0, 0.05) is 32.7 Å². The van der Waals surface area contributed by atoms with Gasteiger partial charge >= 0.3 is 0 Å². The number of amides is 1. The molecular formula is C20H33N5O2. The lowest BCUT2D eigenvalue weighted by Crippen LogP contribution is -2.44. The number of carbonyl (C=O) groups is 1. The van der Waals surface area contributed by atoms with Crippen molar-refractivity contribution in [1.29, 1.82) is 0 Å². The van der Waals surface area contributed by atoms with Crippen molar-refractivity contribution in [3.8, 4) is 5.75 Å². The zero-order chi connectivity index (χ0) is 19.5. The zero-order valence-corrected chi connectivity index (χ0v) is 16.8. The number of ether oxygens (including phenoxy) is 1. The van der Waals surface area contributed by atoms with E-state index in [1.165, 1.54) is 19.4 Å². The molecule has 0 radical (unpaired) electrons. The van der Waals surface area contributed by atoms with Crippen molar-refractivity contribution in [1.82, 2.24) is 20.9 Å². The SMILES string of the molecule is CCNC(=O)COc1cccc(CNC(=NC)NCC2CCCN2CC)c1. The van der Waals surface area contributed by atoms with Crippen LogP contribution in [0.4, 0.5) is 0 Å². The van der Waals surface area contributed by atoms with Gasteiger partial charge in [-0.3, -0.25) is 14.7 Å². The summed E-state index contributed by atoms with van der Waals surface area (Å²) in [6.07, 6.45) is 2.51. The van der Waals surface area contributed by atoms with E-state index in [0.717, 1.165) is 24.6 Å². The quantitative estimate of drug-likeness (QED) is 0.449. The molecule has 150 valence electrons. The van der Waals surface area contributed by atoms with Crippen molar-refractivity contribution in [2.75, 3.05) is 39.8 Å². The Labute approximate surface area is 162 Å². The summed E-state index contributed by atoms with van der Waals surface area (Å²) in [6, 6.07) is 8.33. The third-order valence-electron chi connectivity index (χ3n) is 4.74. The van der Waals surface area contributed by atoms with E-state index < -0.39 is 0 Å². The number of nitrogens with one attached hydrogen (secondary N) is 3. The van der Waals surface area contributed by atoms with Gasteiger partial charge in [0.2, 0.25) is 0 Å². The number of carbonyl (C=O) groups excluding carboxylic acids is 1. The highest BCUT2D eigenvalue weighted by Crippen LogP contribution is 2.15. The van der Waals surface area contributed by atoms with Crippen LogP contribution in [0.25, 0.3) is 0 Å². The van der Waals surface area contributed by atoms with Gasteiger partial charge in [-0.25, -0.2) is 0 Å². The van der Waals surface area contributed by atoms with Crippen LogP contribution in [0, 0.1) is 0 Å². The third kappa shape index (κ3) is 7.09. The fraction of sp³-hybridized carbons (Fsp3) is 0.600. The first-order chi connectivity index (χ1) is 13.2. The van der Waals surface area contributed by atoms with Crippen LogP contribution in [-0.2, 0) is 11.3 Å². The third-order valence-corrected chi connectivity index (χ3v) is 4.74. The van der Waals surface area contributed by atoms with Crippen LogP contribution < -0.4 is 20.7 Å². The van der Waals surface area contributed by atoms with E-state index in [9.17, 15) is 4.79 Å². The standard InChI is InChI=1S/C20H33N5O2/c1-4-22-19(26)15-27-18-10-6-8-16(12-18)13-23-20(21-3)24-14-17-9-7-11-25(17)5-2/h6,8,10,12,17H,4-5,7,9,11,13-15H2,1-3H3,(H,22,26)(H2,21,23,24). The first-order valence-electron chi connectivity index (χ1n) is 9.83. The monoisotopic (exact) mass is 375 g/mol. The Morgan fingerprint density at radius 3 is 2.89 bits per heavy atom. The molecule has 1 fully saturated rings. The number of rotatable bonds is 9. The molecule has 1 aromatic carbocycles. The van der Waals surface area contributed by atoms with Crippen molar-refractivity contribution in [2.24, 2.45) is 4.99 Å². The number of nitrogens with zero attached hydrogens (tertiary/aromatic N) is 2. The number of likely N-dealkylation sites (N-methyl/N-ethyl adjacent to an activating group) is 2. The number of aliphatic imine (C=N–C) groups is 1. The van der Waals surface area contributed by atoms with E-state index in [1.807, 2.05) is 31.2 Å². The van der Waals surface area contributed by atoms with Gasteiger partial charge in [-0.1, -0.05) is 19.1 Å². The summed E-state index contributed by atoms with van der Waals surface area (Å²) in [4.78, 5) is 18.3. The molecule has 1 unspecified atom stereocenters. The van der Waals surface area contributed by atoms with Crippen LogP contribution in [0.2, 0.25) is 0 Å². The van der Waals surface area contributed by atoms with Crippen molar-refractivity contribution in [2.45, 2.75) is 39.3 Å². The Morgan fingerprint density at radius 1 is 1.30 bits per heavy atom. The largest absolute Gasteiger partial charge is 0.484 e. The lowest BCUT2D eigenvalue weighted by molar-refractivity contribution is -0.122. The highest BCUT2D eigenvalue weighted by atomic mass is 16.5. The minimum Gasteiger partial charge on any atom is -0.484 e. The molecule has 3 N–H and O–H groups in total. The average Bonchev–Trinajstić information content (AvgIpc) is 3.15. The topological polar surface area (TPSA) is 78.0 Å². The first kappa shape index (κ1) is 21.0. The van der Waals surface area contributed by atoms with Gasteiger partial charge in [-0.15, -0.1) is 0 Å². The molecular weight excluding hydrogens is 342 g/mol. The Bertz CT molecular complexity index is 620. The Hall–Kier alpha value is -2.28. The average molecular weight is 376 g/mol. The molecule has 2 rings (SSSR count). The highest BCUT2D eigenvalue weighted by Gasteiger charge is 2.22. The van der Waals surface area contributed by atoms with Gasteiger partial charge in [0.1, 0.15) is 5.75 Å². The zero-order valence-electron chi connectivity index (χ0n) is 16.8. The van der Waals surface area contributed by atoms with Gasteiger partial charge in [0.05, 0.1) is 0 Å². The first-order valence-corrected chi connectivity index (χ1v) is 9.83. The fourth-order valence-corrected chi connectivity index (χ4v) is 3.31. The van der Waals surface area contributed by atoms with Gasteiger partial charge in [-0.05, 0) is 50.6 Å². The molecule has 1 aromatic rings. The smallest absolute Gasteiger partial charge is 0.257 e. The molecule has 1 heterocycles. The maximum absolute atomic E-state index is 11.5. The molecule has 7 heteroatoms. The van der Waals surface area contributed by atoms with Crippen LogP contribution >= 0.6 is 0 Å². The van der Waals surface area contributed by atoms with E-state index in [1.54, 1.807) is 7.05 Å². The molecule has 1 aliphatic rings. The second kappa shape index (κ2) is 11.4. The van der Waals surface area contributed by atoms with Crippen LogP contribution in [0.1, 0.15) is 32.3 Å². The van der Waals surface area contributed by atoms with Crippen molar-refractivity contribution >= 4 is 11.9 Å². The second-order valence-corrected chi connectivity index (χ2v) is 6.62. The summed E-state index contributed by atoms with van der Waals surface area (Å²) in [5.41, 5.74) is 1.07. The minimum absolute atomic E-state index is 0.0310. The predicted molar refractivity (Wildman–Crippen MR) is 109 cm³/mol. The lowest BCUT2D eigenvalue weighted by Gasteiger charge is -2.24. The summed E-state index contributed by atoms with van der Waals surface area (Å²) in [7, 11) is 1.79. The summed E-state index contributed by atoms with van der Waals surface area (Å²) >= 11 is 0. The van der Waals surface area contributed by atoms with Crippen molar-refractivity contribution in [3.05, 3.63) is 29.8 Å². The van der Waals surface area contributed by atoms with E-state index in [-0.39, 0.29) is 12.5 Å². The Morgan fingerprint density at radius 2 is 2.15 bits per heavy atom. The van der Waals surface area contributed by atoms with Crippen LogP contribution in [0.5, 0.6) is 5.75 Å². The van der Waals surface area contributed by atoms with Crippen LogP contribution in [0.3, 0.4) is 0 Å². The molecule has 1 aliphatic heterocycles. The number of benzene rings is 1. The molecule has 0 aromatic heterocycles. The molecule has 7 nitrogen and oxygen atoms in total. The second-order valence-electron chi connectivity index (χ2n) is 6.62. The maximum atomic E-state index is 11.5. The fourth-order valence-electron chi connectivity index (χ4n) is 3.31. The van der Waals surface area contributed by atoms with Gasteiger partial charge in [-0.2, -0.15) is 0 Å². The van der Waals surface area contributed by atoms with E-state index in [0.29, 0.717) is 24.9 Å². The van der Waals surface area contributed by atoms with E-state index in [4.69, 9.17) is 4.74 Å². The molecule has 1 saturated heterocycles. The molecule has 0 spiro atoms. The highest BCUT2D eigenvalue weighted by molar-refractivity contribution is 5.79. The van der Waals surface area contributed by atoms with Gasteiger partial charge in [0.25, 0.3) is 5.91 Å². The van der Waals surface area contributed by atoms with Gasteiger partial charge < -0.3 is 20.7 Å². The summed E-state index contributed by atoms with van der Waals surface area (Å²) < 4.78 is 5.54. The van der Waals surface area contributed by atoms with E-state index >= 15 is 0 Å². The van der Waals surface area contributed by atoms with E-state index in [2.05, 4.69) is 32.8 Å². The van der Waals surface area contributed by atoms with Crippen molar-refractivity contribution < 1.29 is 9.53 Å². The normalized spacial score (nSPS) is 17.6. The molecule has 1 amide bonds. The van der Waals surface area contributed by atoms with Crippen molar-refractivity contribution in [3.63, 3.8) is 0 Å². The number of likely N-dealkylation sites (tertiary alicyclic amines) is 1. The minimum atomic E-state index is -0.112. The van der Waals surface area contributed by atoms with Crippen LogP contribution in [0.15, 0.2) is 29.3 Å². The molecule has 27 heavy (non-hydrogen) atoms. The Kier molecular flexibility index (Phi) is 8.91. The number of hydrogen-bond acceptors (Lipinski definition) is 4. The number of hydrogen-bond donors (Lipinski definition) is 3. The lowest BCUT2D eigenvalue weighted by atomic mass is 10.2. The summed E-state index contributed by atoms with van der Waals surface area (Å²) in [6.45, 7) is 8.57. The number of guanidine groups is 1. The maximum Gasteiger partial charge on any atom is 0.257 e. The Balaban J connectivity index is 1.78. The summed E-state index contributed by atoms with van der Waals surface area (Å²) in [5, 5.41) is 9.49. The predicted octanol–water partition coefficient (Wildman–Crippen LogP) is 1.35. The summed E-state index contributed by atoms with van der Waals surface area (Å²) in [5.74, 6) is 1.37.